The molecule has 2 fully saturated rings. The van der Waals surface area contributed by atoms with Gasteiger partial charge in [0.2, 0.25) is 0 Å². The van der Waals surface area contributed by atoms with E-state index in [0.717, 1.165) is 17.9 Å². The van der Waals surface area contributed by atoms with Crippen LogP contribution < -0.4 is 5.32 Å². The summed E-state index contributed by atoms with van der Waals surface area (Å²) in [5.74, 6) is 1.89. The topological polar surface area (TPSA) is 12.0 Å². The molecule has 1 unspecified atom stereocenters. The molecule has 0 aromatic rings. The second-order valence-corrected chi connectivity index (χ2v) is 6.70. The lowest BCUT2D eigenvalue weighted by Gasteiger charge is -2.36. The highest BCUT2D eigenvalue weighted by Crippen LogP contribution is 2.40. The molecule has 1 nitrogen and oxygen atoms in total. The summed E-state index contributed by atoms with van der Waals surface area (Å²) in [4.78, 5) is 0. The van der Waals surface area contributed by atoms with Crippen molar-refractivity contribution in [3.8, 4) is 0 Å². The monoisotopic (exact) mass is 209 g/mol. The molecule has 1 heteroatoms. The van der Waals surface area contributed by atoms with Gasteiger partial charge in [-0.15, -0.1) is 0 Å². The first-order chi connectivity index (χ1) is 7.07. The van der Waals surface area contributed by atoms with E-state index in [1.54, 1.807) is 0 Å². The minimum Gasteiger partial charge on any atom is -0.314 e. The number of nitrogens with one attached hydrogen (secondary N) is 1. The molecule has 0 aromatic carbocycles. The first-order valence-corrected chi connectivity index (χ1v) is 6.81. The maximum Gasteiger partial charge on any atom is 0.00683 e. The van der Waals surface area contributed by atoms with Crippen LogP contribution in [0, 0.1) is 17.3 Å². The van der Waals surface area contributed by atoms with Gasteiger partial charge in [-0.2, -0.15) is 0 Å². The molecule has 0 radical (unpaired) electrons. The van der Waals surface area contributed by atoms with Gasteiger partial charge in [0, 0.05) is 6.04 Å². The van der Waals surface area contributed by atoms with Crippen LogP contribution in [0.4, 0.5) is 0 Å². The summed E-state index contributed by atoms with van der Waals surface area (Å²) in [6, 6.07) is 0.872. The van der Waals surface area contributed by atoms with Crippen molar-refractivity contribution in [1.29, 1.82) is 0 Å². The van der Waals surface area contributed by atoms with Crippen LogP contribution in [0.25, 0.3) is 0 Å². The predicted molar refractivity (Wildman–Crippen MR) is 65.9 cm³/mol. The van der Waals surface area contributed by atoms with Gasteiger partial charge >= 0.3 is 0 Å². The van der Waals surface area contributed by atoms with E-state index in [0.29, 0.717) is 5.41 Å². The van der Waals surface area contributed by atoms with Crippen LogP contribution in [-0.4, -0.2) is 12.6 Å². The fourth-order valence-electron chi connectivity index (χ4n) is 3.12. The standard InChI is InChI=1S/C14H27N/c1-14(2,3)13(10-15-12-8-9-12)11-6-4-5-7-11/h11-13,15H,4-10H2,1-3H3. The van der Waals surface area contributed by atoms with E-state index in [-0.39, 0.29) is 0 Å². The minimum absolute atomic E-state index is 0.483. The Balaban J connectivity index is 1.88. The zero-order chi connectivity index (χ0) is 10.9. The normalized spacial score (nSPS) is 25.8. The average Bonchev–Trinajstić information content (AvgIpc) is 2.78. The first kappa shape index (κ1) is 11.4. The zero-order valence-electron chi connectivity index (χ0n) is 10.7. The maximum atomic E-state index is 3.74. The van der Waals surface area contributed by atoms with Crippen LogP contribution in [0.3, 0.4) is 0 Å². The first-order valence-electron chi connectivity index (χ1n) is 6.81. The second kappa shape index (κ2) is 4.45. The molecule has 15 heavy (non-hydrogen) atoms. The van der Waals surface area contributed by atoms with Crippen molar-refractivity contribution in [2.75, 3.05) is 6.54 Å². The lowest BCUT2D eigenvalue weighted by atomic mass is 9.72. The maximum absolute atomic E-state index is 3.74. The smallest absolute Gasteiger partial charge is 0.00683 e. The molecular formula is C14H27N. The largest absolute Gasteiger partial charge is 0.314 e. The van der Waals surface area contributed by atoms with Crippen molar-refractivity contribution in [2.45, 2.75) is 65.3 Å². The van der Waals surface area contributed by atoms with Gasteiger partial charge in [-0.05, 0) is 36.6 Å². The molecule has 88 valence electrons. The van der Waals surface area contributed by atoms with Crippen molar-refractivity contribution in [3.05, 3.63) is 0 Å². The molecule has 0 saturated heterocycles. The lowest BCUT2D eigenvalue weighted by Crippen LogP contribution is -2.37. The van der Waals surface area contributed by atoms with Crippen LogP contribution >= 0.6 is 0 Å². The fraction of sp³-hybridized carbons (Fsp3) is 1.00. The molecule has 2 rings (SSSR count). The molecule has 0 heterocycles. The summed E-state index contributed by atoms with van der Waals surface area (Å²) in [6.45, 7) is 8.53. The summed E-state index contributed by atoms with van der Waals surface area (Å²) in [6.07, 6.45) is 8.74. The van der Waals surface area contributed by atoms with Gasteiger partial charge in [-0.1, -0.05) is 46.5 Å². The van der Waals surface area contributed by atoms with Crippen molar-refractivity contribution in [2.24, 2.45) is 17.3 Å². The second-order valence-electron chi connectivity index (χ2n) is 6.70. The van der Waals surface area contributed by atoms with Crippen LogP contribution in [-0.2, 0) is 0 Å². The van der Waals surface area contributed by atoms with E-state index >= 15 is 0 Å². The van der Waals surface area contributed by atoms with Crippen molar-refractivity contribution in [3.63, 3.8) is 0 Å². The Hall–Kier alpha value is -0.0400. The molecule has 0 aliphatic heterocycles. The third-order valence-corrected chi connectivity index (χ3v) is 4.29. The Labute approximate surface area is 95.0 Å². The van der Waals surface area contributed by atoms with Gasteiger partial charge < -0.3 is 5.32 Å². The molecule has 0 amide bonds. The molecular weight excluding hydrogens is 182 g/mol. The van der Waals surface area contributed by atoms with Crippen molar-refractivity contribution < 1.29 is 0 Å². The molecule has 1 atom stereocenters. The van der Waals surface area contributed by atoms with Gasteiger partial charge in [0.25, 0.3) is 0 Å². The van der Waals surface area contributed by atoms with Gasteiger partial charge in [-0.25, -0.2) is 0 Å². The molecule has 2 saturated carbocycles. The molecule has 0 bridgehead atoms. The van der Waals surface area contributed by atoms with Crippen molar-refractivity contribution >= 4 is 0 Å². The highest BCUT2D eigenvalue weighted by atomic mass is 14.9. The summed E-state index contributed by atoms with van der Waals surface area (Å²) in [7, 11) is 0. The zero-order valence-corrected chi connectivity index (χ0v) is 10.7. The van der Waals surface area contributed by atoms with E-state index in [2.05, 4.69) is 26.1 Å². The van der Waals surface area contributed by atoms with Gasteiger partial charge in [0.15, 0.2) is 0 Å². The Bertz CT molecular complexity index is 194. The van der Waals surface area contributed by atoms with Crippen LogP contribution in [0.15, 0.2) is 0 Å². The van der Waals surface area contributed by atoms with Crippen molar-refractivity contribution in [1.82, 2.24) is 5.32 Å². The SMILES string of the molecule is CC(C)(C)C(CNC1CC1)C1CCCC1. The van der Waals surface area contributed by atoms with Gasteiger partial charge in [0.05, 0.1) is 0 Å². The fourth-order valence-corrected chi connectivity index (χ4v) is 3.12. The predicted octanol–water partition coefficient (Wildman–Crippen LogP) is 3.59. The molecule has 2 aliphatic carbocycles. The number of rotatable bonds is 4. The van der Waals surface area contributed by atoms with E-state index in [1.165, 1.54) is 45.1 Å². The Morgan fingerprint density at radius 2 is 1.67 bits per heavy atom. The molecule has 0 aromatic heterocycles. The molecule has 2 aliphatic rings. The van der Waals surface area contributed by atoms with Crippen LogP contribution in [0.1, 0.15) is 59.3 Å². The quantitative estimate of drug-likeness (QED) is 0.746. The van der Waals surface area contributed by atoms with Gasteiger partial charge in [0.1, 0.15) is 0 Å². The molecule has 0 spiro atoms. The Morgan fingerprint density at radius 1 is 1.07 bits per heavy atom. The minimum atomic E-state index is 0.483. The summed E-state index contributed by atoms with van der Waals surface area (Å²) in [5, 5.41) is 3.74. The van der Waals surface area contributed by atoms with E-state index in [4.69, 9.17) is 0 Å². The number of hydrogen-bond donors (Lipinski definition) is 1. The van der Waals surface area contributed by atoms with Crippen LogP contribution in [0.5, 0.6) is 0 Å². The van der Waals surface area contributed by atoms with Gasteiger partial charge in [-0.3, -0.25) is 0 Å². The van der Waals surface area contributed by atoms with E-state index < -0.39 is 0 Å². The van der Waals surface area contributed by atoms with E-state index in [1.807, 2.05) is 0 Å². The Morgan fingerprint density at radius 3 is 2.13 bits per heavy atom. The Kier molecular flexibility index (Phi) is 3.39. The highest BCUT2D eigenvalue weighted by molar-refractivity contribution is 4.88. The summed E-state index contributed by atoms with van der Waals surface area (Å²) in [5.41, 5.74) is 0.483. The average molecular weight is 209 g/mol. The third-order valence-electron chi connectivity index (χ3n) is 4.29. The third kappa shape index (κ3) is 3.21. The number of hydrogen-bond acceptors (Lipinski definition) is 1. The van der Waals surface area contributed by atoms with E-state index in [9.17, 15) is 0 Å². The highest BCUT2D eigenvalue weighted by Gasteiger charge is 2.34. The lowest BCUT2D eigenvalue weighted by molar-refractivity contribution is 0.155. The van der Waals surface area contributed by atoms with Crippen LogP contribution in [0.2, 0.25) is 0 Å². The summed E-state index contributed by atoms with van der Waals surface area (Å²) >= 11 is 0. The summed E-state index contributed by atoms with van der Waals surface area (Å²) < 4.78 is 0. The molecule has 1 N–H and O–H groups in total.